The van der Waals surface area contributed by atoms with E-state index < -0.39 is 0 Å². The van der Waals surface area contributed by atoms with Crippen LogP contribution >= 0.6 is 15.9 Å². The van der Waals surface area contributed by atoms with E-state index in [4.69, 9.17) is 9.47 Å². The van der Waals surface area contributed by atoms with Crippen LogP contribution in [0.4, 0.5) is 0 Å². The first kappa shape index (κ1) is 14.9. The van der Waals surface area contributed by atoms with E-state index in [1.807, 2.05) is 0 Å². The number of carbonyl (C=O) groups excluding carboxylic acids is 1. The normalized spacial score (nSPS) is 17.5. The maximum Gasteiger partial charge on any atom is 0.222 e. The molecule has 5 heteroatoms. The van der Waals surface area contributed by atoms with Gasteiger partial charge in [-0.05, 0) is 25.7 Å². The van der Waals surface area contributed by atoms with E-state index in [0.29, 0.717) is 19.6 Å². The van der Waals surface area contributed by atoms with E-state index in [1.54, 1.807) is 7.11 Å². The van der Waals surface area contributed by atoms with E-state index >= 15 is 0 Å². The number of rotatable bonds is 9. The quantitative estimate of drug-likeness (QED) is 0.522. The minimum atomic E-state index is -0.170. The average molecular weight is 308 g/mol. The summed E-state index contributed by atoms with van der Waals surface area (Å²) in [5.74, 6) is 0.0899. The van der Waals surface area contributed by atoms with Crippen LogP contribution in [0.2, 0.25) is 0 Å². The highest BCUT2D eigenvalue weighted by molar-refractivity contribution is 9.09. The predicted octanol–water partition coefficient (Wildman–Crippen LogP) is 1.86. The Hall–Kier alpha value is -0.130. The van der Waals surface area contributed by atoms with Gasteiger partial charge in [0.25, 0.3) is 0 Å². The molecule has 0 spiro atoms. The Morgan fingerprint density at radius 2 is 2.18 bits per heavy atom. The summed E-state index contributed by atoms with van der Waals surface area (Å²) in [7, 11) is 1.69. The molecule has 1 amide bonds. The molecule has 0 atom stereocenters. The van der Waals surface area contributed by atoms with Gasteiger partial charge < -0.3 is 14.8 Å². The van der Waals surface area contributed by atoms with Gasteiger partial charge in [0.15, 0.2) is 0 Å². The van der Waals surface area contributed by atoms with Gasteiger partial charge in [0.05, 0.1) is 18.6 Å². The van der Waals surface area contributed by atoms with Crippen LogP contribution in [0.1, 0.15) is 32.1 Å². The molecule has 0 saturated heterocycles. The molecule has 1 aliphatic carbocycles. The summed E-state index contributed by atoms with van der Waals surface area (Å²) in [6.45, 7) is 2.10. The first-order valence-corrected chi connectivity index (χ1v) is 7.30. The van der Waals surface area contributed by atoms with Crippen LogP contribution in [0.3, 0.4) is 0 Å². The largest absolute Gasteiger partial charge is 0.381 e. The molecule has 4 nitrogen and oxygen atoms in total. The van der Waals surface area contributed by atoms with Gasteiger partial charge in [-0.2, -0.15) is 0 Å². The molecule has 0 aliphatic heterocycles. The van der Waals surface area contributed by atoms with Crippen molar-refractivity contribution in [1.29, 1.82) is 0 Å². The fraction of sp³-hybridized carbons (Fsp3) is 0.917. The zero-order valence-corrected chi connectivity index (χ0v) is 12.1. The summed E-state index contributed by atoms with van der Waals surface area (Å²) >= 11 is 3.29. The molecule has 100 valence electrons. The van der Waals surface area contributed by atoms with E-state index in [-0.39, 0.29) is 11.5 Å². The third kappa shape index (κ3) is 5.36. The molecule has 1 aliphatic rings. The minimum Gasteiger partial charge on any atom is -0.381 e. The number of amides is 1. The summed E-state index contributed by atoms with van der Waals surface area (Å²) < 4.78 is 10.7. The Morgan fingerprint density at radius 1 is 1.41 bits per heavy atom. The highest BCUT2D eigenvalue weighted by Gasteiger charge is 2.38. The van der Waals surface area contributed by atoms with Crippen LogP contribution < -0.4 is 5.32 Å². The first-order valence-electron chi connectivity index (χ1n) is 6.18. The lowest BCUT2D eigenvalue weighted by molar-refractivity contribution is -0.134. The number of alkyl halides is 1. The zero-order chi connectivity index (χ0) is 12.6. The molecule has 0 aromatic carbocycles. The molecule has 1 N–H and O–H groups in total. The van der Waals surface area contributed by atoms with E-state index in [0.717, 1.165) is 31.2 Å². The molecule has 0 unspecified atom stereocenters. The molecule has 17 heavy (non-hydrogen) atoms. The predicted molar refractivity (Wildman–Crippen MR) is 70.4 cm³/mol. The van der Waals surface area contributed by atoms with Gasteiger partial charge in [-0.25, -0.2) is 0 Å². The molecule has 1 saturated carbocycles. The second-order valence-corrected chi connectivity index (χ2v) is 5.22. The Labute approximate surface area is 112 Å². The van der Waals surface area contributed by atoms with Crippen molar-refractivity contribution in [2.75, 3.05) is 32.2 Å². The molecule has 1 fully saturated rings. The second kappa shape index (κ2) is 8.06. The number of methoxy groups -OCH3 is 1. The van der Waals surface area contributed by atoms with Crippen LogP contribution in [-0.4, -0.2) is 43.7 Å². The Balaban J connectivity index is 2.01. The molecule has 0 aromatic heterocycles. The summed E-state index contributed by atoms with van der Waals surface area (Å²) in [6, 6.07) is 0. The maximum absolute atomic E-state index is 11.7. The SMILES string of the molecule is COC1(CC(=O)NCCCOCCBr)CCC1. The molecule has 1 rings (SSSR count). The first-order chi connectivity index (χ1) is 8.22. The minimum absolute atomic E-state index is 0.0899. The van der Waals surface area contributed by atoms with Crippen molar-refractivity contribution in [1.82, 2.24) is 5.32 Å². The van der Waals surface area contributed by atoms with Crippen molar-refractivity contribution in [3.05, 3.63) is 0 Å². The third-order valence-electron chi connectivity index (χ3n) is 3.19. The zero-order valence-electron chi connectivity index (χ0n) is 10.5. The highest BCUT2D eigenvalue weighted by atomic mass is 79.9. The van der Waals surface area contributed by atoms with Gasteiger partial charge in [-0.3, -0.25) is 4.79 Å². The van der Waals surface area contributed by atoms with Gasteiger partial charge in [0, 0.05) is 25.6 Å². The average Bonchev–Trinajstić information content (AvgIpc) is 2.28. The maximum atomic E-state index is 11.7. The van der Waals surface area contributed by atoms with Gasteiger partial charge in [-0.1, -0.05) is 15.9 Å². The summed E-state index contributed by atoms with van der Waals surface area (Å²) in [5, 5.41) is 3.76. The number of carbonyl (C=O) groups is 1. The summed E-state index contributed by atoms with van der Waals surface area (Å²) in [4.78, 5) is 11.7. The number of hydrogen-bond donors (Lipinski definition) is 1. The van der Waals surface area contributed by atoms with E-state index in [2.05, 4.69) is 21.2 Å². The number of ether oxygens (including phenoxy) is 2. The molecular weight excluding hydrogens is 286 g/mol. The smallest absolute Gasteiger partial charge is 0.222 e. The van der Waals surface area contributed by atoms with Crippen LogP contribution in [0.25, 0.3) is 0 Å². The highest BCUT2D eigenvalue weighted by Crippen LogP contribution is 2.37. The molecular formula is C12H22BrNO3. The van der Waals surface area contributed by atoms with Gasteiger partial charge >= 0.3 is 0 Å². The van der Waals surface area contributed by atoms with Crippen molar-refractivity contribution in [2.45, 2.75) is 37.7 Å². The van der Waals surface area contributed by atoms with Gasteiger partial charge in [0.1, 0.15) is 0 Å². The summed E-state index contributed by atoms with van der Waals surface area (Å²) in [5.41, 5.74) is -0.170. The van der Waals surface area contributed by atoms with Crippen molar-refractivity contribution in [3.63, 3.8) is 0 Å². The topological polar surface area (TPSA) is 47.6 Å². The molecule has 0 aromatic rings. The molecule has 0 heterocycles. The van der Waals surface area contributed by atoms with Crippen molar-refractivity contribution in [2.24, 2.45) is 0 Å². The molecule has 0 radical (unpaired) electrons. The molecule has 0 bridgehead atoms. The van der Waals surface area contributed by atoms with Crippen LogP contribution in [0, 0.1) is 0 Å². The van der Waals surface area contributed by atoms with Crippen molar-refractivity contribution in [3.8, 4) is 0 Å². The lowest BCUT2D eigenvalue weighted by atomic mass is 9.77. The number of nitrogens with one attached hydrogen (secondary N) is 1. The Bertz CT molecular complexity index is 226. The van der Waals surface area contributed by atoms with E-state index in [9.17, 15) is 4.79 Å². The van der Waals surface area contributed by atoms with Crippen LogP contribution in [0.5, 0.6) is 0 Å². The standard InChI is InChI=1S/C12H22BrNO3/c1-16-12(4-2-5-12)10-11(15)14-7-3-8-17-9-6-13/h2-10H2,1H3,(H,14,15). The fourth-order valence-electron chi connectivity index (χ4n) is 1.94. The second-order valence-electron chi connectivity index (χ2n) is 4.42. The van der Waals surface area contributed by atoms with Crippen LogP contribution in [-0.2, 0) is 14.3 Å². The monoisotopic (exact) mass is 307 g/mol. The van der Waals surface area contributed by atoms with Gasteiger partial charge in [0.2, 0.25) is 5.91 Å². The van der Waals surface area contributed by atoms with Crippen molar-refractivity contribution < 1.29 is 14.3 Å². The fourth-order valence-corrected chi connectivity index (χ4v) is 2.17. The third-order valence-corrected chi connectivity index (χ3v) is 3.51. The lowest BCUT2D eigenvalue weighted by Crippen LogP contribution is -2.44. The Kier molecular flexibility index (Phi) is 7.08. The Morgan fingerprint density at radius 3 is 2.71 bits per heavy atom. The van der Waals surface area contributed by atoms with Gasteiger partial charge in [-0.15, -0.1) is 0 Å². The summed E-state index contributed by atoms with van der Waals surface area (Å²) in [6.07, 6.45) is 4.53. The van der Waals surface area contributed by atoms with E-state index in [1.165, 1.54) is 6.42 Å². The van der Waals surface area contributed by atoms with Crippen LogP contribution in [0.15, 0.2) is 0 Å². The number of hydrogen-bond acceptors (Lipinski definition) is 3. The van der Waals surface area contributed by atoms with Crippen molar-refractivity contribution >= 4 is 21.8 Å². The lowest BCUT2D eigenvalue weighted by Gasteiger charge is -2.39. The number of halogens is 1.